The van der Waals surface area contributed by atoms with Gasteiger partial charge in [0.2, 0.25) is 12.7 Å². The predicted molar refractivity (Wildman–Crippen MR) is 125 cm³/mol. The van der Waals surface area contributed by atoms with Gasteiger partial charge in [0.15, 0.2) is 11.5 Å². The van der Waals surface area contributed by atoms with Gasteiger partial charge < -0.3 is 15.2 Å². The number of likely N-dealkylation sites (tertiary alicyclic amines) is 1. The van der Waals surface area contributed by atoms with E-state index in [4.69, 9.17) is 15.2 Å². The van der Waals surface area contributed by atoms with Gasteiger partial charge in [-0.2, -0.15) is 0 Å². The first-order valence-electron chi connectivity index (χ1n) is 11.6. The molecule has 2 atom stereocenters. The highest BCUT2D eigenvalue weighted by molar-refractivity contribution is 7.11. The van der Waals surface area contributed by atoms with E-state index in [1.807, 2.05) is 24.4 Å². The van der Waals surface area contributed by atoms with Crippen LogP contribution in [0.4, 0.5) is 0 Å². The second-order valence-corrected chi connectivity index (χ2v) is 11.6. The Labute approximate surface area is 198 Å². The quantitative estimate of drug-likeness (QED) is 0.664. The Morgan fingerprint density at radius 3 is 2.73 bits per heavy atom. The van der Waals surface area contributed by atoms with Gasteiger partial charge in [-0.25, -0.2) is 4.98 Å². The average molecular weight is 470 g/mol. The van der Waals surface area contributed by atoms with Crippen molar-refractivity contribution in [2.75, 3.05) is 13.3 Å². The van der Waals surface area contributed by atoms with Gasteiger partial charge in [-0.3, -0.25) is 14.5 Å². The molecule has 1 unspecified atom stereocenters. The standard InChI is InChI=1S/C25H31N3O4S/c1-24(2,3)22(28-10-4-5-16(28)23(26)30)19-13-27-21(33-19)12-20(29)25(8-9-25)15-6-7-17-18(11-15)32-14-31-17/h6-7,11,13,16,22H,4-5,8-10,12,14H2,1-3H3,(H2,26,30)/t16-,22?/m0/s1. The molecule has 1 amide bonds. The molecule has 5 rings (SSSR count). The summed E-state index contributed by atoms with van der Waals surface area (Å²) in [6, 6.07) is 5.61. The van der Waals surface area contributed by atoms with Crippen molar-refractivity contribution in [1.82, 2.24) is 9.88 Å². The topological polar surface area (TPSA) is 94.8 Å². The summed E-state index contributed by atoms with van der Waals surface area (Å²) in [5.74, 6) is 1.38. The number of nitrogens with zero attached hydrogens (tertiary/aromatic N) is 2. The lowest BCUT2D eigenvalue weighted by atomic mass is 9.84. The summed E-state index contributed by atoms with van der Waals surface area (Å²) >= 11 is 1.59. The molecule has 1 aromatic heterocycles. The Balaban J connectivity index is 1.36. The zero-order chi connectivity index (χ0) is 23.4. The van der Waals surface area contributed by atoms with E-state index in [-0.39, 0.29) is 36.0 Å². The van der Waals surface area contributed by atoms with Crippen LogP contribution in [0.1, 0.15) is 67.9 Å². The summed E-state index contributed by atoms with van der Waals surface area (Å²) in [5.41, 5.74) is 6.17. The Bertz CT molecular complexity index is 1090. The number of carbonyl (C=O) groups excluding carboxylic acids is 2. The van der Waals surface area contributed by atoms with Gasteiger partial charge in [0.1, 0.15) is 10.8 Å². The number of thiazole rings is 1. The summed E-state index contributed by atoms with van der Waals surface area (Å²) in [6.07, 6.45) is 5.66. The van der Waals surface area contributed by atoms with E-state index in [2.05, 4.69) is 30.7 Å². The predicted octanol–water partition coefficient (Wildman–Crippen LogP) is 3.75. The van der Waals surface area contributed by atoms with Gasteiger partial charge in [-0.05, 0) is 55.3 Å². The number of ketones is 1. The van der Waals surface area contributed by atoms with Crippen molar-refractivity contribution in [3.63, 3.8) is 0 Å². The van der Waals surface area contributed by atoms with Crippen molar-refractivity contribution in [2.24, 2.45) is 11.1 Å². The highest BCUT2D eigenvalue weighted by Gasteiger charge is 2.51. The summed E-state index contributed by atoms with van der Waals surface area (Å²) in [4.78, 5) is 33.4. The number of benzene rings is 1. The Kier molecular flexibility index (Phi) is 5.48. The Morgan fingerprint density at radius 1 is 1.27 bits per heavy atom. The van der Waals surface area contributed by atoms with Crippen molar-refractivity contribution < 1.29 is 19.1 Å². The van der Waals surface area contributed by atoms with E-state index in [1.54, 1.807) is 11.3 Å². The molecule has 2 fully saturated rings. The second kappa shape index (κ2) is 8.09. The smallest absolute Gasteiger partial charge is 0.234 e. The van der Waals surface area contributed by atoms with E-state index in [0.717, 1.165) is 53.4 Å². The van der Waals surface area contributed by atoms with Gasteiger partial charge in [-0.1, -0.05) is 26.8 Å². The average Bonchev–Trinajstić information content (AvgIpc) is 3.10. The molecule has 0 spiro atoms. The van der Waals surface area contributed by atoms with Crippen LogP contribution >= 0.6 is 11.3 Å². The molecule has 1 aliphatic carbocycles. The molecule has 3 heterocycles. The van der Waals surface area contributed by atoms with E-state index >= 15 is 0 Å². The summed E-state index contributed by atoms with van der Waals surface area (Å²) < 4.78 is 10.9. The fraction of sp³-hybridized carbons (Fsp3) is 0.560. The zero-order valence-electron chi connectivity index (χ0n) is 19.4. The van der Waals surface area contributed by atoms with E-state index < -0.39 is 5.41 Å². The number of Topliss-reactive ketones (excluding diaryl/α,β-unsaturated/α-hetero) is 1. The minimum absolute atomic E-state index is 0.0302. The molecule has 2 aliphatic heterocycles. The maximum Gasteiger partial charge on any atom is 0.234 e. The zero-order valence-corrected chi connectivity index (χ0v) is 20.2. The third kappa shape index (κ3) is 4.04. The largest absolute Gasteiger partial charge is 0.454 e. The van der Waals surface area contributed by atoms with Crippen LogP contribution in [0.5, 0.6) is 11.5 Å². The minimum atomic E-state index is -0.442. The van der Waals surface area contributed by atoms with Gasteiger partial charge in [0.05, 0.1) is 23.9 Å². The fourth-order valence-corrected chi connectivity index (χ4v) is 6.66. The lowest BCUT2D eigenvalue weighted by Gasteiger charge is -2.39. The number of fused-ring (bicyclic) bond motifs is 1. The van der Waals surface area contributed by atoms with E-state index in [9.17, 15) is 9.59 Å². The molecule has 2 N–H and O–H groups in total. The molecule has 0 radical (unpaired) electrons. The number of aromatic nitrogens is 1. The molecular formula is C25H31N3O4S. The van der Waals surface area contributed by atoms with E-state index in [1.165, 1.54) is 0 Å². The third-order valence-corrected chi connectivity index (χ3v) is 8.19. The molecule has 1 saturated heterocycles. The normalized spacial score (nSPS) is 22.3. The maximum absolute atomic E-state index is 13.4. The fourth-order valence-electron chi connectivity index (χ4n) is 5.38. The van der Waals surface area contributed by atoms with Crippen molar-refractivity contribution in [3.8, 4) is 11.5 Å². The Hall–Kier alpha value is -2.45. The number of hydrogen-bond acceptors (Lipinski definition) is 7. The molecule has 1 saturated carbocycles. The summed E-state index contributed by atoms with van der Waals surface area (Å²) in [6.45, 7) is 7.60. The molecule has 33 heavy (non-hydrogen) atoms. The first-order valence-corrected chi connectivity index (χ1v) is 12.4. The van der Waals surface area contributed by atoms with Crippen LogP contribution in [0.3, 0.4) is 0 Å². The van der Waals surface area contributed by atoms with E-state index in [0.29, 0.717) is 12.2 Å². The lowest BCUT2D eigenvalue weighted by Crippen LogP contribution is -2.45. The van der Waals surface area contributed by atoms with Gasteiger partial charge >= 0.3 is 0 Å². The summed E-state index contributed by atoms with van der Waals surface area (Å²) in [7, 11) is 0. The van der Waals surface area contributed by atoms with Crippen LogP contribution < -0.4 is 15.2 Å². The van der Waals surface area contributed by atoms with Gasteiger partial charge in [-0.15, -0.1) is 11.3 Å². The number of ether oxygens (including phenoxy) is 2. The molecule has 0 bridgehead atoms. The highest BCUT2D eigenvalue weighted by atomic mass is 32.1. The third-order valence-electron chi connectivity index (χ3n) is 7.14. The molecule has 176 valence electrons. The number of hydrogen-bond donors (Lipinski definition) is 1. The first kappa shape index (κ1) is 22.3. The lowest BCUT2D eigenvalue weighted by molar-refractivity contribution is -0.124. The number of nitrogens with two attached hydrogens (primary N) is 1. The van der Waals surface area contributed by atoms with Crippen LogP contribution in [0.15, 0.2) is 24.4 Å². The molecule has 7 nitrogen and oxygen atoms in total. The number of carbonyl (C=O) groups is 2. The monoisotopic (exact) mass is 469 g/mol. The number of primary amides is 1. The minimum Gasteiger partial charge on any atom is -0.454 e. The molecule has 8 heteroatoms. The van der Waals surface area contributed by atoms with Crippen LogP contribution in [0, 0.1) is 5.41 Å². The summed E-state index contributed by atoms with van der Waals surface area (Å²) in [5, 5.41) is 0.825. The highest BCUT2D eigenvalue weighted by Crippen LogP contribution is 2.52. The number of amides is 1. The van der Waals surface area contributed by atoms with Crippen LogP contribution in [-0.4, -0.2) is 41.0 Å². The van der Waals surface area contributed by atoms with Crippen LogP contribution in [0.25, 0.3) is 0 Å². The van der Waals surface area contributed by atoms with Crippen molar-refractivity contribution in [1.29, 1.82) is 0 Å². The van der Waals surface area contributed by atoms with Crippen molar-refractivity contribution in [3.05, 3.63) is 39.8 Å². The van der Waals surface area contributed by atoms with Crippen LogP contribution in [0.2, 0.25) is 0 Å². The van der Waals surface area contributed by atoms with Crippen LogP contribution in [-0.2, 0) is 21.4 Å². The molecule has 1 aromatic carbocycles. The Morgan fingerprint density at radius 2 is 2.03 bits per heavy atom. The molecular weight excluding hydrogens is 438 g/mol. The molecule has 3 aliphatic rings. The maximum atomic E-state index is 13.4. The number of rotatable bonds is 7. The van der Waals surface area contributed by atoms with Crippen molar-refractivity contribution >= 4 is 23.0 Å². The second-order valence-electron chi connectivity index (χ2n) is 10.5. The SMILES string of the molecule is CC(C)(C)C(c1cnc(CC(=O)C2(c3ccc4c(c3)OCO4)CC2)s1)N1CCC[C@H]1C(N)=O. The van der Waals surface area contributed by atoms with Gasteiger partial charge in [0.25, 0.3) is 0 Å². The molecule has 2 aromatic rings. The van der Waals surface area contributed by atoms with Gasteiger partial charge in [0, 0.05) is 11.1 Å². The first-order chi connectivity index (χ1) is 15.7. The van der Waals surface area contributed by atoms with Crippen molar-refractivity contribution in [2.45, 2.75) is 70.4 Å².